The summed E-state index contributed by atoms with van der Waals surface area (Å²) in [6.45, 7) is 2.70. The largest absolute Gasteiger partial charge is 0.484 e. The Labute approximate surface area is 219 Å². The van der Waals surface area contributed by atoms with E-state index in [4.69, 9.17) is 4.74 Å². The highest BCUT2D eigenvalue weighted by Crippen LogP contribution is 2.27. The van der Waals surface area contributed by atoms with Crippen LogP contribution in [0, 0.1) is 12.8 Å². The van der Waals surface area contributed by atoms with E-state index in [2.05, 4.69) is 26.6 Å². The lowest BCUT2D eigenvalue weighted by Gasteiger charge is -2.17. The molecule has 186 valence electrons. The minimum Gasteiger partial charge on any atom is -0.484 e. The van der Waals surface area contributed by atoms with Gasteiger partial charge < -0.3 is 20.3 Å². The zero-order chi connectivity index (χ0) is 25.5. The Bertz CT molecular complexity index is 1230. The summed E-state index contributed by atoms with van der Waals surface area (Å²) in [5, 5.41) is 5.75. The maximum Gasteiger partial charge on any atom is 0.262 e. The van der Waals surface area contributed by atoms with Gasteiger partial charge in [0.15, 0.2) is 6.61 Å². The molecule has 0 radical (unpaired) electrons. The molecule has 1 aliphatic rings. The van der Waals surface area contributed by atoms with Crippen LogP contribution in [0.1, 0.15) is 17.5 Å². The van der Waals surface area contributed by atoms with Gasteiger partial charge in [0.2, 0.25) is 11.8 Å². The van der Waals surface area contributed by atoms with Gasteiger partial charge in [-0.25, -0.2) is 0 Å². The molecule has 0 spiro atoms. The number of carbonyl (C=O) groups excluding carboxylic acids is 3. The van der Waals surface area contributed by atoms with Gasteiger partial charge in [-0.3, -0.25) is 14.4 Å². The fraction of sp³-hybridized carbons (Fsp3) is 0.250. The maximum absolute atomic E-state index is 12.6. The van der Waals surface area contributed by atoms with Crippen molar-refractivity contribution in [3.8, 4) is 5.75 Å². The highest BCUT2D eigenvalue weighted by Gasteiger charge is 2.34. The van der Waals surface area contributed by atoms with Crippen LogP contribution in [-0.2, 0) is 20.8 Å². The molecule has 3 amide bonds. The predicted octanol–water partition coefficient (Wildman–Crippen LogP) is 4.49. The second-order valence-corrected chi connectivity index (χ2v) is 9.60. The molecular weight excluding hydrogens is 522 g/mol. The van der Waals surface area contributed by atoms with Gasteiger partial charge in [-0.05, 0) is 76.8 Å². The smallest absolute Gasteiger partial charge is 0.262 e. The van der Waals surface area contributed by atoms with Crippen molar-refractivity contribution in [2.45, 2.75) is 19.8 Å². The van der Waals surface area contributed by atoms with E-state index in [1.54, 1.807) is 29.2 Å². The van der Waals surface area contributed by atoms with E-state index in [0.29, 0.717) is 30.2 Å². The summed E-state index contributed by atoms with van der Waals surface area (Å²) in [5.74, 6) is -0.338. The van der Waals surface area contributed by atoms with E-state index in [-0.39, 0.29) is 36.7 Å². The molecule has 1 fully saturated rings. The highest BCUT2D eigenvalue weighted by molar-refractivity contribution is 9.10. The first-order valence-corrected chi connectivity index (χ1v) is 12.6. The standard InChI is InChI=1S/C28H28BrN3O4/c1-19-7-12-25(24(29)15-19)31-26(33)18-36-23-10-8-22(9-11-23)32-17-21(16-27(32)34)28(35)30-14-13-20-5-3-2-4-6-20/h2-12,15,21H,13-14,16-18H2,1H3,(H,30,35)(H,31,33)/t21-/m1/s1. The van der Waals surface area contributed by atoms with Crippen LogP contribution in [0.25, 0.3) is 0 Å². The van der Waals surface area contributed by atoms with Gasteiger partial charge in [0.1, 0.15) is 5.75 Å². The lowest BCUT2D eigenvalue weighted by Crippen LogP contribution is -2.34. The van der Waals surface area contributed by atoms with Crippen LogP contribution >= 0.6 is 15.9 Å². The monoisotopic (exact) mass is 549 g/mol. The summed E-state index contributed by atoms with van der Waals surface area (Å²) in [5.41, 5.74) is 3.61. The molecule has 1 aliphatic heterocycles. The molecule has 3 aromatic carbocycles. The number of nitrogens with zero attached hydrogens (tertiary/aromatic N) is 1. The first-order chi connectivity index (χ1) is 17.4. The third kappa shape index (κ3) is 6.73. The highest BCUT2D eigenvalue weighted by atomic mass is 79.9. The predicted molar refractivity (Wildman–Crippen MR) is 143 cm³/mol. The summed E-state index contributed by atoms with van der Waals surface area (Å²) < 4.78 is 6.40. The molecule has 0 aromatic heterocycles. The molecule has 0 unspecified atom stereocenters. The van der Waals surface area contributed by atoms with Crippen molar-refractivity contribution in [1.82, 2.24) is 5.32 Å². The van der Waals surface area contributed by atoms with Gasteiger partial charge in [0.05, 0.1) is 11.6 Å². The number of aryl methyl sites for hydroxylation is 1. The van der Waals surface area contributed by atoms with Gasteiger partial charge in [0.25, 0.3) is 5.91 Å². The molecule has 36 heavy (non-hydrogen) atoms. The van der Waals surface area contributed by atoms with Crippen LogP contribution in [-0.4, -0.2) is 37.4 Å². The lowest BCUT2D eigenvalue weighted by atomic mass is 10.1. The van der Waals surface area contributed by atoms with Crippen molar-refractivity contribution >= 4 is 45.0 Å². The second-order valence-electron chi connectivity index (χ2n) is 8.75. The molecule has 4 rings (SSSR count). The summed E-state index contributed by atoms with van der Waals surface area (Å²) in [4.78, 5) is 39.0. The Balaban J connectivity index is 1.24. The minimum absolute atomic E-state index is 0.0880. The molecule has 8 heteroatoms. The Morgan fingerprint density at radius 1 is 1.06 bits per heavy atom. The quantitative estimate of drug-likeness (QED) is 0.411. The van der Waals surface area contributed by atoms with Gasteiger partial charge in [-0.15, -0.1) is 0 Å². The summed E-state index contributed by atoms with van der Waals surface area (Å²) in [6, 6.07) is 22.6. The van der Waals surface area contributed by atoms with Crippen LogP contribution in [0.3, 0.4) is 0 Å². The molecule has 3 aromatic rings. The number of nitrogens with one attached hydrogen (secondary N) is 2. The van der Waals surface area contributed by atoms with Gasteiger partial charge in [0, 0.05) is 29.7 Å². The molecule has 7 nitrogen and oxygen atoms in total. The van der Waals surface area contributed by atoms with Crippen LogP contribution in [0.5, 0.6) is 5.75 Å². The topological polar surface area (TPSA) is 87.7 Å². The van der Waals surface area contributed by atoms with Crippen LogP contribution in [0.2, 0.25) is 0 Å². The Hall–Kier alpha value is -3.65. The third-order valence-corrected chi connectivity index (χ3v) is 6.62. The number of rotatable bonds is 9. The lowest BCUT2D eigenvalue weighted by molar-refractivity contribution is -0.126. The number of anilines is 2. The normalized spacial score (nSPS) is 15.0. The number of hydrogen-bond acceptors (Lipinski definition) is 4. The van der Waals surface area contributed by atoms with E-state index in [1.807, 2.05) is 55.5 Å². The molecule has 1 saturated heterocycles. The summed E-state index contributed by atoms with van der Waals surface area (Å²) >= 11 is 3.44. The zero-order valence-corrected chi connectivity index (χ0v) is 21.6. The van der Waals surface area contributed by atoms with Crippen molar-refractivity contribution < 1.29 is 19.1 Å². The maximum atomic E-state index is 12.6. The first-order valence-electron chi connectivity index (χ1n) is 11.8. The van der Waals surface area contributed by atoms with Crippen molar-refractivity contribution in [1.29, 1.82) is 0 Å². The molecule has 0 saturated carbocycles. The van der Waals surface area contributed by atoms with Gasteiger partial charge >= 0.3 is 0 Å². The summed E-state index contributed by atoms with van der Waals surface area (Å²) in [6.07, 6.45) is 0.933. The number of amides is 3. The van der Waals surface area contributed by atoms with Crippen LogP contribution in [0.15, 0.2) is 77.3 Å². The van der Waals surface area contributed by atoms with Crippen molar-refractivity contribution in [2.75, 3.05) is 29.9 Å². The van der Waals surface area contributed by atoms with Gasteiger partial charge in [-0.1, -0.05) is 36.4 Å². The second kappa shape index (κ2) is 11.9. The molecular formula is C28H28BrN3O4. The summed E-state index contributed by atoms with van der Waals surface area (Å²) in [7, 11) is 0. The number of hydrogen-bond donors (Lipinski definition) is 2. The van der Waals surface area contributed by atoms with E-state index < -0.39 is 0 Å². The van der Waals surface area contributed by atoms with Crippen LogP contribution in [0.4, 0.5) is 11.4 Å². The molecule has 2 N–H and O–H groups in total. The van der Waals surface area contributed by atoms with Crippen molar-refractivity contribution in [2.24, 2.45) is 5.92 Å². The molecule has 1 atom stereocenters. The number of benzene rings is 3. The molecule has 0 aliphatic carbocycles. The zero-order valence-electron chi connectivity index (χ0n) is 20.0. The Morgan fingerprint density at radius 3 is 2.53 bits per heavy atom. The fourth-order valence-electron chi connectivity index (χ4n) is 4.03. The van der Waals surface area contributed by atoms with Gasteiger partial charge in [-0.2, -0.15) is 0 Å². The molecule has 1 heterocycles. The fourth-order valence-corrected chi connectivity index (χ4v) is 4.62. The number of halogens is 1. The average molecular weight is 550 g/mol. The number of ether oxygens (including phenoxy) is 1. The molecule has 0 bridgehead atoms. The van der Waals surface area contributed by atoms with E-state index in [9.17, 15) is 14.4 Å². The van der Waals surface area contributed by atoms with E-state index in [1.165, 1.54) is 0 Å². The van der Waals surface area contributed by atoms with E-state index in [0.717, 1.165) is 22.0 Å². The number of carbonyl (C=O) groups is 3. The third-order valence-electron chi connectivity index (χ3n) is 5.97. The minimum atomic E-state index is -0.381. The first kappa shape index (κ1) is 25.4. The Kier molecular flexibility index (Phi) is 8.38. The van der Waals surface area contributed by atoms with E-state index >= 15 is 0 Å². The Morgan fingerprint density at radius 2 is 1.81 bits per heavy atom. The van der Waals surface area contributed by atoms with Crippen molar-refractivity contribution in [3.05, 3.63) is 88.4 Å². The van der Waals surface area contributed by atoms with Crippen LogP contribution < -0.4 is 20.3 Å². The van der Waals surface area contributed by atoms with Crippen molar-refractivity contribution in [3.63, 3.8) is 0 Å². The average Bonchev–Trinajstić information content (AvgIpc) is 3.27. The SMILES string of the molecule is Cc1ccc(NC(=O)COc2ccc(N3C[C@H](C(=O)NCCc4ccccc4)CC3=O)cc2)c(Br)c1.